The number of benzene rings is 1. The molecule has 1 aromatic carbocycles. The van der Waals surface area contributed by atoms with E-state index in [4.69, 9.17) is 0 Å². The third kappa shape index (κ3) is 3.37. The van der Waals surface area contributed by atoms with Gasteiger partial charge in [-0.05, 0) is 53.4 Å². The highest BCUT2D eigenvalue weighted by atomic mass is 32.1. The fourth-order valence-electron chi connectivity index (χ4n) is 1.71. The molecule has 2 rings (SSSR count). The minimum Gasteiger partial charge on any atom is -0.352 e. The highest BCUT2D eigenvalue weighted by molar-refractivity contribution is 7.80. The average molecular weight is 277 g/mol. The van der Waals surface area contributed by atoms with Crippen LogP contribution >= 0.6 is 24.0 Å². The number of thiophene rings is 1. The van der Waals surface area contributed by atoms with Gasteiger partial charge in [0, 0.05) is 17.0 Å². The minimum absolute atomic E-state index is 0.0290. The number of rotatable bonds is 4. The van der Waals surface area contributed by atoms with Gasteiger partial charge in [-0.3, -0.25) is 4.79 Å². The minimum atomic E-state index is -0.0290. The van der Waals surface area contributed by atoms with E-state index in [9.17, 15) is 4.79 Å². The van der Waals surface area contributed by atoms with Gasteiger partial charge < -0.3 is 5.32 Å². The van der Waals surface area contributed by atoms with E-state index < -0.39 is 0 Å². The Hall–Kier alpha value is -1.26. The van der Waals surface area contributed by atoms with Crippen molar-refractivity contribution in [3.8, 4) is 0 Å². The van der Waals surface area contributed by atoms with Crippen molar-refractivity contribution in [2.75, 3.05) is 6.54 Å². The predicted molar refractivity (Wildman–Crippen MR) is 78.8 cm³/mol. The molecule has 0 radical (unpaired) electrons. The maximum Gasteiger partial charge on any atom is 0.251 e. The summed E-state index contributed by atoms with van der Waals surface area (Å²) in [5.74, 6) is -0.0290. The molecule has 1 N–H and O–H groups in total. The van der Waals surface area contributed by atoms with Crippen molar-refractivity contribution in [3.05, 3.63) is 51.7 Å². The largest absolute Gasteiger partial charge is 0.352 e. The first-order chi connectivity index (χ1) is 8.66. The van der Waals surface area contributed by atoms with Gasteiger partial charge in [-0.25, -0.2) is 0 Å². The lowest BCUT2D eigenvalue weighted by Gasteiger charge is -2.07. The van der Waals surface area contributed by atoms with Crippen LogP contribution in [0.1, 0.15) is 21.5 Å². The first-order valence-corrected chi connectivity index (χ1v) is 7.14. The van der Waals surface area contributed by atoms with Crippen molar-refractivity contribution in [3.63, 3.8) is 0 Å². The summed E-state index contributed by atoms with van der Waals surface area (Å²) >= 11 is 5.93. The number of hydrogen-bond donors (Lipinski definition) is 2. The summed E-state index contributed by atoms with van der Waals surface area (Å²) in [7, 11) is 0. The lowest BCUT2D eigenvalue weighted by Crippen LogP contribution is -2.26. The van der Waals surface area contributed by atoms with Crippen LogP contribution in [-0.4, -0.2) is 12.5 Å². The summed E-state index contributed by atoms with van der Waals surface area (Å²) in [6.45, 7) is 2.59. The van der Waals surface area contributed by atoms with Crippen molar-refractivity contribution in [2.45, 2.75) is 18.2 Å². The number of amides is 1. The first kappa shape index (κ1) is 13.2. The summed E-state index contributed by atoms with van der Waals surface area (Å²) in [6, 6.07) is 7.69. The molecule has 1 aromatic heterocycles. The molecule has 0 saturated heterocycles. The predicted octanol–water partition coefficient (Wildman–Crippen LogP) is 3.32. The molecule has 0 bridgehead atoms. The maximum absolute atomic E-state index is 12.0. The Bertz CT molecular complexity index is 535. The summed E-state index contributed by atoms with van der Waals surface area (Å²) in [5, 5.41) is 7.09. The van der Waals surface area contributed by atoms with E-state index >= 15 is 0 Å². The van der Waals surface area contributed by atoms with Gasteiger partial charge >= 0.3 is 0 Å². The van der Waals surface area contributed by atoms with Gasteiger partial charge in [0.05, 0.1) is 0 Å². The average Bonchev–Trinajstić information content (AvgIpc) is 2.85. The van der Waals surface area contributed by atoms with Crippen LogP contribution in [0.15, 0.2) is 39.9 Å². The Morgan fingerprint density at radius 3 is 2.94 bits per heavy atom. The van der Waals surface area contributed by atoms with Crippen LogP contribution in [0.25, 0.3) is 0 Å². The Morgan fingerprint density at radius 2 is 2.22 bits per heavy atom. The second kappa shape index (κ2) is 6.07. The first-order valence-electron chi connectivity index (χ1n) is 5.75. The standard InChI is InChI=1S/C14H15NOS2/c1-10-2-3-12(17)8-13(10)14(16)15-6-4-11-5-7-18-9-11/h2-3,5,7-9,17H,4,6H2,1H3,(H,15,16). The fraction of sp³-hybridized carbons (Fsp3) is 0.214. The van der Waals surface area contributed by atoms with Gasteiger partial charge in [-0.15, -0.1) is 12.6 Å². The number of thiol groups is 1. The molecule has 1 amide bonds. The van der Waals surface area contributed by atoms with Crippen LogP contribution in [0.3, 0.4) is 0 Å². The molecular weight excluding hydrogens is 262 g/mol. The number of carbonyl (C=O) groups is 1. The molecule has 0 saturated carbocycles. The summed E-state index contributed by atoms with van der Waals surface area (Å²) in [6.07, 6.45) is 0.870. The smallest absolute Gasteiger partial charge is 0.251 e. The van der Waals surface area contributed by atoms with E-state index in [1.807, 2.05) is 24.4 Å². The highest BCUT2D eigenvalue weighted by Crippen LogP contribution is 2.14. The van der Waals surface area contributed by atoms with Gasteiger partial charge in [0.15, 0.2) is 0 Å². The lowest BCUT2D eigenvalue weighted by atomic mass is 10.1. The molecule has 4 heteroatoms. The van der Waals surface area contributed by atoms with Gasteiger partial charge in [-0.1, -0.05) is 6.07 Å². The molecule has 0 aliphatic rings. The summed E-state index contributed by atoms with van der Waals surface area (Å²) in [5.41, 5.74) is 2.94. The second-order valence-corrected chi connectivity index (χ2v) is 5.43. The molecular formula is C14H15NOS2. The normalized spacial score (nSPS) is 10.3. The van der Waals surface area contributed by atoms with Gasteiger partial charge in [0.25, 0.3) is 5.91 Å². The Balaban J connectivity index is 1.93. The molecule has 1 heterocycles. The molecule has 0 unspecified atom stereocenters. The number of nitrogens with one attached hydrogen (secondary N) is 1. The zero-order chi connectivity index (χ0) is 13.0. The maximum atomic E-state index is 12.0. The van der Waals surface area contributed by atoms with Crippen LogP contribution in [-0.2, 0) is 6.42 Å². The van der Waals surface area contributed by atoms with Crippen LogP contribution in [0.5, 0.6) is 0 Å². The van der Waals surface area contributed by atoms with Crippen LogP contribution in [0.2, 0.25) is 0 Å². The summed E-state index contributed by atoms with van der Waals surface area (Å²) < 4.78 is 0. The Labute approximate surface area is 116 Å². The van der Waals surface area contributed by atoms with Crippen molar-refractivity contribution in [2.24, 2.45) is 0 Å². The number of aryl methyl sites for hydroxylation is 1. The zero-order valence-corrected chi connectivity index (χ0v) is 11.9. The fourth-order valence-corrected chi connectivity index (χ4v) is 2.61. The molecule has 2 aromatic rings. The summed E-state index contributed by atoms with van der Waals surface area (Å²) in [4.78, 5) is 12.8. The molecule has 18 heavy (non-hydrogen) atoms. The SMILES string of the molecule is Cc1ccc(S)cc1C(=O)NCCc1ccsc1. The molecule has 94 valence electrons. The Kier molecular flexibility index (Phi) is 4.44. The third-order valence-corrected chi connectivity index (χ3v) is 3.76. The zero-order valence-electron chi connectivity index (χ0n) is 10.1. The third-order valence-electron chi connectivity index (χ3n) is 2.75. The van der Waals surface area contributed by atoms with E-state index in [1.165, 1.54) is 5.56 Å². The number of carbonyl (C=O) groups excluding carboxylic acids is 1. The number of hydrogen-bond acceptors (Lipinski definition) is 3. The lowest BCUT2D eigenvalue weighted by molar-refractivity contribution is 0.0953. The van der Waals surface area contributed by atoms with E-state index in [-0.39, 0.29) is 5.91 Å². The second-order valence-electron chi connectivity index (χ2n) is 4.14. The van der Waals surface area contributed by atoms with Crippen molar-refractivity contribution < 1.29 is 4.79 Å². The van der Waals surface area contributed by atoms with Gasteiger partial charge in [-0.2, -0.15) is 11.3 Å². The molecule has 0 atom stereocenters. The van der Waals surface area contributed by atoms with Crippen LogP contribution in [0.4, 0.5) is 0 Å². The van der Waals surface area contributed by atoms with E-state index in [1.54, 1.807) is 17.4 Å². The molecule has 0 spiro atoms. The van der Waals surface area contributed by atoms with E-state index in [0.29, 0.717) is 12.1 Å². The van der Waals surface area contributed by atoms with Crippen molar-refractivity contribution >= 4 is 29.9 Å². The monoisotopic (exact) mass is 277 g/mol. The van der Waals surface area contributed by atoms with E-state index in [0.717, 1.165) is 16.9 Å². The van der Waals surface area contributed by atoms with Gasteiger partial charge in [0.2, 0.25) is 0 Å². The van der Waals surface area contributed by atoms with Crippen molar-refractivity contribution in [1.82, 2.24) is 5.32 Å². The Morgan fingerprint density at radius 1 is 1.39 bits per heavy atom. The molecule has 0 fully saturated rings. The molecule has 2 nitrogen and oxygen atoms in total. The topological polar surface area (TPSA) is 29.1 Å². The van der Waals surface area contributed by atoms with Crippen LogP contribution < -0.4 is 5.32 Å². The van der Waals surface area contributed by atoms with Crippen molar-refractivity contribution in [1.29, 1.82) is 0 Å². The van der Waals surface area contributed by atoms with Crippen LogP contribution in [0, 0.1) is 6.92 Å². The molecule has 0 aliphatic carbocycles. The highest BCUT2D eigenvalue weighted by Gasteiger charge is 2.08. The van der Waals surface area contributed by atoms with E-state index in [2.05, 4.69) is 29.4 Å². The quantitative estimate of drug-likeness (QED) is 0.825. The van der Waals surface area contributed by atoms with Gasteiger partial charge in [0.1, 0.15) is 0 Å². The molecule has 0 aliphatic heterocycles.